The molecule has 6 nitrogen and oxygen atoms in total. The van der Waals surface area contributed by atoms with Crippen LogP contribution in [0.2, 0.25) is 0 Å². The topological polar surface area (TPSA) is 69.3 Å². The van der Waals surface area contributed by atoms with E-state index in [-0.39, 0.29) is 6.04 Å². The number of hydrogen-bond donors (Lipinski definition) is 1. The molecule has 0 spiro atoms. The Morgan fingerprint density at radius 3 is 2.44 bits per heavy atom. The monoisotopic (exact) mass is 446 g/mol. The van der Waals surface area contributed by atoms with E-state index in [4.69, 9.17) is 0 Å². The summed E-state index contributed by atoms with van der Waals surface area (Å²) < 4.78 is 27.5. The van der Waals surface area contributed by atoms with E-state index >= 15 is 0 Å². The fourth-order valence-electron chi connectivity index (χ4n) is 4.60. The van der Waals surface area contributed by atoms with Crippen molar-refractivity contribution in [2.75, 3.05) is 17.7 Å². The van der Waals surface area contributed by atoms with E-state index in [2.05, 4.69) is 51.3 Å². The average molecular weight is 447 g/mol. The molecule has 1 aliphatic rings. The minimum absolute atomic E-state index is 0.193. The molecule has 7 heteroatoms. The lowest BCUT2D eigenvalue weighted by molar-refractivity contribution is 0.320. The largest absolute Gasteiger partial charge is 0.364 e. The van der Waals surface area contributed by atoms with Crippen LogP contribution >= 0.6 is 0 Å². The van der Waals surface area contributed by atoms with E-state index in [1.807, 2.05) is 36.5 Å². The first-order chi connectivity index (χ1) is 15.5. The number of rotatable bonds is 5. The van der Waals surface area contributed by atoms with Crippen molar-refractivity contribution in [1.82, 2.24) is 14.3 Å². The van der Waals surface area contributed by atoms with Crippen molar-refractivity contribution in [1.29, 1.82) is 0 Å². The third kappa shape index (κ3) is 4.26. The van der Waals surface area contributed by atoms with Crippen molar-refractivity contribution in [3.8, 4) is 0 Å². The zero-order valence-electron chi connectivity index (χ0n) is 18.0. The van der Waals surface area contributed by atoms with Crippen molar-refractivity contribution in [2.24, 2.45) is 0 Å². The van der Waals surface area contributed by atoms with Crippen LogP contribution in [0.1, 0.15) is 16.8 Å². The molecule has 3 aromatic carbocycles. The number of H-pyrrole nitrogens is 1. The Hall–Kier alpha value is -3.16. The van der Waals surface area contributed by atoms with Crippen LogP contribution in [-0.4, -0.2) is 41.5 Å². The van der Waals surface area contributed by atoms with Gasteiger partial charge in [-0.25, -0.2) is 13.4 Å². The van der Waals surface area contributed by atoms with Crippen LogP contribution in [0.25, 0.3) is 10.8 Å². The maximum absolute atomic E-state index is 12.9. The second kappa shape index (κ2) is 8.41. The minimum atomic E-state index is -3.42. The third-order valence-corrected chi connectivity index (χ3v) is 7.38. The first-order valence-electron chi connectivity index (χ1n) is 10.7. The highest BCUT2D eigenvalue weighted by Crippen LogP contribution is 2.34. The number of aromatic amines is 1. The predicted octanol–water partition coefficient (Wildman–Crippen LogP) is 3.96. The highest BCUT2D eigenvalue weighted by Gasteiger charge is 2.33. The molecule has 0 bridgehead atoms. The van der Waals surface area contributed by atoms with Gasteiger partial charge in [0, 0.05) is 31.0 Å². The number of imidazole rings is 1. The summed E-state index contributed by atoms with van der Waals surface area (Å²) in [5.74, 6) is 0. The minimum Gasteiger partial charge on any atom is -0.364 e. The molecule has 5 rings (SSSR count). The smallest absolute Gasteiger partial charge is 0.211 e. The number of sulfonamides is 1. The van der Waals surface area contributed by atoms with Gasteiger partial charge in [0.2, 0.25) is 10.0 Å². The van der Waals surface area contributed by atoms with Crippen molar-refractivity contribution in [3.63, 3.8) is 0 Å². The van der Waals surface area contributed by atoms with Gasteiger partial charge in [-0.15, -0.1) is 0 Å². The SMILES string of the molecule is CS(=O)(=O)N1Cc2cc3ccccc3cc2N(Cc2c[nH]cn2)CC1Cc1ccccc1. The highest BCUT2D eigenvalue weighted by molar-refractivity contribution is 7.88. The van der Waals surface area contributed by atoms with E-state index in [1.165, 1.54) is 6.26 Å². The number of nitrogens with zero attached hydrogens (tertiary/aromatic N) is 3. The van der Waals surface area contributed by atoms with Gasteiger partial charge in [-0.05, 0) is 40.5 Å². The van der Waals surface area contributed by atoms with E-state index in [1.54, 1.807) is 10.6 Å². The van der Waals surface area contributed by atoms with Crippen LogP contribution < -0.4 is 4.90 Å². The maximum atomic E-state index is 12.9. The summed E-state index contributed by atoms with van der Waals surface area (Å²) in [6.07, 6.45) is 5.54. The Morgan fingerprint density at radius 1 is 1.03 bits per heavy atom. The lowest BCUT2D eigenvalue weighted by atomic mass is 10.0. The zero-order valence-corrected chi connectivity index (χ0v) is 18.8. The van der Waals surface area contributed by atoms with Gasteiger partial charge in [0.15, 0.2) is 0 Å². The number of aromatic nitrogens is 2. The van der Waals surface area contributed by atoms with Gasteiger partial charge in [0.1, 0.15) is 0 Å². The Morgan fingerprint density at radius 2 is 1.75 bits per heavy atom. The average Bonchev–Trinajstić information content (AvgIpc) is 3.24. The first kappa shape index (κ1) is 20.7. The van der Waals surface area contributed by atoms with Crippen molar-refractivity contribution in [3.05, 3.63) is 96.1 Å². The Labute approximate surface area is 188 Å². The Kier molecular flexibility index (Phi) is 5.45. The molecule has 1 N–H and O–H groups in total. The molecular weight excluding hydrogens is 420 g/mol. The van der Waals surface area contributed by atoms with E-state index in [0.29, 0.717) is 26.1 Å². The summed E-state index contributed by atoms with van der Waals surface area (Å²) in [7, 11) is -3.42. The summed E-state index contributed by atoms with van der Waals surface area (Å²) in [4.78, 5) is 9.73. The normalized spacial score (nSPS) is 17.3. The second-order valence-electron chi connectivity index (χ2n) is 8.42. The van der Waals surface area contributed by atoms with Gasteiger partial charge in [-0.3, -0.25) is 0 Å². The van der Waals surface area contributed by atoms with E-state index in [0.717, 1.165) is 33.3 Å². The van der Waals surface area contributed by atoms with Gasteiger partial charge in [-0.1, -0.05) is 54.6 Å². The van der Waals surface area contributed by atoms with Crippen LogP contribution in [0.15, 0.2) is 79.3 Å². The predicted molar refractivity (Wildman–Crippen MR) is 128 cm³/mol. The molecular formula is C25H26N4O2S. The molecule has 1 aliphatic heterocycles. The lowest BCUT2D eigenvalue weighted by Gasteiger charge is -2.31. The summed E-state index contributed by atoms with van der Waals surface area (Å²) >= 11 is 0. The fourth-order valence-corrected chi connectivity index (χ4v) is 5.66. The molecule has 0 saturated carbocycles. The van der Waals surface area contributed by atoms with Crippen LogP contribution in [0, 0.1) is 0 Å². The third-order valence-electron chi connectivity index (χ3n) is 6.10. The number of hydrogen-bond acceptors (Lipinski definition) is 4. The lowest BCUT2D eigenvalue weighted by Crippen LogP contribution is -2.45. The summed E-state index contributed by atoms with van der Waals surface area (Å²) in [6, 6.07) is 22.4. The van der Waals surface area contributed by atoms with Crippen molar-refractivity contribution < 1.29 is 8.42 Å². The summed E-state index contributed by atoms with van der Waals surface area (Å²) in [6.45, 7) is 1.55. The van der Waals surface area contributed by atoms with Crippen LogP contribution in [-0.2, 0) is 29.5 Å². The molecule has 2 heterocycles. The van der Waals surface area contributed by atoms with E-state index < -0.39 is 10.0 Å². The Balaban J connectivity index is 1.62. The highest BCUT2D eigenvalue weighted by atomic mass is 32.2. The molecule has 0 fully saturated rings. The van der Waals surface area contributed by atoms with Crippen LogP contribution in [0.4, 0.5) is 5.69 Å². The molecule has 0 saturated heterocycles. The van der Waals surface area contributed by atoms with Gasteiger partial charge < -0.3 is 9.88 Å². The fraction of sp³-hybridized carbons (Fsp3) is 0.240. The zero-order chi connectivity index (χ0) is 22.1. The number of benzene rings is 3. The number of nitrogens with one attached hydrogen (secondary N) is 1. The summed E-state index contributed by atoms with van der Waals surface area (Å²) in [5.41, 5.74) is 4.13. The molecule has 4 aromatic rings. The van der Waals surface area contributed by atoms with Gasteiger partial charge >= 0.3 is 0 Å². The van der Waals surface area contributed by atoms with Crippen LogP contribution in [0.3, 0.4) is 0 Å². The molecule has 164 valence electrons. The van der Waals surface area contributed by atoms with Crippen molar-refractivity contribution in [2.45, 2.75) is 25.6 Å². The molecule has 0 radical (unpaired) electrons. The molecule has 32 heavy (non-hydrogen) atoms. The molecule has 1 unspecified atom stereocenters. The maximum Gasteiger partial charge on any atom is 0.211 e. The molecule has 1 aromatic heterocycles. The second-order valence-corrected chi connectivity index (χ2v) is 10.4. The quantitative estimate of drug-likeness (QED) is 0.504. The molecule has 0 aliphatic carbocycles. The standard InChI is InChI=1S/C25H26N4O2S/c1-32(30,31)29-15-22-12-20-9-5-6-10-21(20)13-25(22)28(16-23-14-26-18-27-23)17-24(29)11-19-7-3-2-4-8-19/h2-10,12-14,18,24H,11,15-17H2,1H3,(H,26,27). The number of anilines is 1. The summed E-state index contributed by atoms with van der Waals surface area (Å²) in [5, 5.41) is 2.26. The first-order valence-corrected chi connectivity index (χ1v) is 12.6. The Bertz CT molecular complexity index is 1320. The van der Waals surface area contributed by atoms with Gasteiger partial charge in [-0.2, -0.15) is 4.31 Å². The van der Waals surface area contributed by atoms with E-state index in [9.17, 15) is 8.42 Å². The number of fused-ring (bicyclic) bond motifs is 2. The molecule has 0 amide bonds. The van der Waals surface area contributed by atoms with Crippen molar-refractivity contribution >= 4 is 26.5 Å². The van der Waals surface area contributed by atoms with Gasteiger partial charge in [0.25, 0.3) is 0 Å². The van der Waals surface area contributed by atoms with Gasteiger partial charge in [0.05, 0.1) is 24.8 Å². The molecule has 1 atom stereocenters. The van der Waals surface area contributed by atoms with Crippen LogP contribution in [0.5, 0.6) is 0 Å².